The Morgan fingerprint density at radius 3 is 2.32 bits per heavy atom. The van der Waals surface area contributed by atoms with Gasteiger partial charge in [-0.05, 0) is 48.9 Å². The van der Waals surface area contributed by atoms with E-state index in [-0.39, 0.29) is 12.4 Å². The molecule has 2 rings (SSSR count). The zero-order chi connectivity index (χ0) is 13.7. The molecule has 0 fully saturated rings. The van der Waals surface area contributed by atoms with Crippen LogP contribution in [0.4, 0.5) is 4.39 Å². The molecule has 0 aromatic heterocycles. The molecule has 2 aromatic carbocycles. The van der Waals surface area contributed by atoms with Crippen molar-refractivity contribution >= 4 is 0 Å². The second-order valence-electron chi connectivity index (χ2n) is 4.01. The van der Waals surface area contributed by atoms with Crippen LogP contribution in [0.25, 0.3) is 0 Å². The van der Waals surface area contributed by atoms with E-state index in [0.29, 0.717) is 23.7 Å². The predicted octanol–water partition coefficient (Wildman–Crippen LogP) is 3.48. The van der Waals surface area contributed by atoms with Gasteiger partial charge >= 0.3 is 0 Å². The van der Waals surface area contributed by atoms with Crippen LogP contribution in [0.15, 0.2) is 42.5 Å². The van der Waals surface area contributed by atoms with Gasteiger partial charge in [0.2, 0.25) is 0 Å². The van der Waals surface area contributed by atoms with Gasteiger partial charge in [-0.2, -0.15) is 0 Å². The predicted molar refractivity (Wildman–Crippen MR) is 72.0 cm³/mol. The molecule has 0 saturated carbocycles. The molecular weight excluding hydrogens is 245 g/mol. The number of benzene rings is 2. The van der Waals surface area contributed by atoms with Crippen molar-refractivity contribution in [1.82, 2.24) is 0 Å². The molecule has 0 spiro atoms. The molecule has 0 saturated heterocycles. The zero-order valence-corrected chi connectivity index (χ0v) is 10.7. The van der Waals surface area contributed by atoms with Gasteiger partial charge in [-0.15, -0.1) is 0 Å². The molecule has 0 aliphatic rings. The molecule has 2 aromatic rings. The van der Waals surface area contributed by atoms with Crippen LogP contribution in [0.3, 0.4) is 0 Å². The lowest BCUT2D eigenvalue weighted by molar-refractivity contribution is 0.339. The average molecular weight is 261 g/mol. The van der Waals surface area contributed by atoms with E-state index < -0.39 is 0 Å². The maximum Gasteiger partial charge on any atom is 0.130 e. The van der Waals surface area contributed by atoms with Crippen molar-refractivity contribution in [2.24, 2.45) is 5.73 Å². The standard InChI is InChI=1S/C15H16FNO2/c1-2-18-13-3-5-14(6-4-13)19-15-8-11(10-17)7-12(16)9-15/h3-9H,2,10,17H2,1H3. The number of hydrogen-bond donors (Lipinski definition) is 1. The first-order chi connectivity index (χ1) is 9.21. The van der Waals surface area contributed by atoms with Gasteiger partial charge in [-0.3, -0.25) is 0 Å². The minimum atomic E-state index is -0.358. The smallest absolute Gasteiger partial charge is 0.130 e. The van der Waals surface area contributed by atoms with Gasteiger partial charge in [0.1, 0.15) is 23.1 Å². The summed E-state index contributed by atoms with van der Waals surface area (Å²) in [5, 5.41) is 0. The Morgan fingerprint density at radius 1 is 1.00 bits per heavy atom. The summed E-state index contributed by atoms with van der Waals surface area (Å²) in [4.78, 5) is 0. The van der Waals surface area contributed by atoms with Gasteiger partial charge in [0, 0.05) is 12.6 Å². The first-order valence-electron chi connectivity index (χ1n) is 6.11. The van der Waals surface area contributed by atoms with Crippen LogP contribution in [0.5, 0.6) is 17.2 Å². The van der Waals surface area contributed by atoms with E-state index in [1.165, 1.54) is 12.1 Å². The normalized spacial score (nSPS) is 10.3. The fraction of sp³-hybridized carbons (Fsp3) is 0.200. The molecule has 3 nitrogen and oxygen atoms in total. The minimum Gasteiger partial charge on any atom is -0.494 e. The largest absolute Gasteiger partial charge is 0.494 e. The topological polar surface area (TPSA) is 44.5 Å². The van der Waals surface area contributed by atoms with Crippen molar-refractivity contribution in [3.63, 3.8) is 0 Å². The fourth-order valence-corrected chi connectivity index (χ4v) is 1.70. The molecule has 19 heavy (non-hydrogen) atoms. The van der Waals surface area contributed by atoms with E-state index in [1.54, 1.807) is 18.2 Å². The van der Waals surface area contributed by atoms with Crippen LogP contribution in [-0.4, -0.2) is 6.61 Å². The second kappa shape index (κ2) is 6.20. The van der Waals surface area contributed by atoms with Gasteiger partial charge in [-0.1, -0.05) is 0 Å². The molecule has 0 heterocycles. The zero-order valence-electron chi connectivity index (χ0n) is 10.7. The third kappa shape index (κ3) is 3.69. The summed E-state index contributed by atoms with van der Waals surface area (Å²) in [5.41, 5.74) is 6.19. The third-order valence-electron chi connectivity index (χ3n) is 2.54. The van der Waals surface area contributed by atoms with Crippen LogP contribution in [-0.2, 0) is 6.54 Å². The SMILES string of the molecule is CCOc1ccc(Oc2cc(F)cc(CN)c2)cc1. The molecule has 0 unspecified atom stereocenters. The maximum atomic E-state index is 13.3. The summed E-state index contributed by atoms with van der Waals surface area (Å²) < 4.78 is 24.2. The fourth-order valence-electron chi connectivity index (χ4n) is 1.70. The molecule has 0 amide bonds. The highest BCUT2D eigenvalue weighted by Gasteiger charge is 2.03. The number of hydrogen-bond acceptors (Lipinski definition) is 3. The van der Waals surface area contributed by atoms with Crippen LogP contribution >= 0.6 is 0 Å². The molecule has 100 valence electrons. The number of ether oxygens (including phenoxy) is 2. The molecule has 0 aliphatic carbocycles. The third-order valence-corrected chi connectivity index (χ3v) is 2.54. The quantitative estimate of drug-likeness (QED) is 0.896. The van der Waals surface area contributed by atoms with Gasteiger partial charge < -0.3 is 15.2 Å². The molecule has 0 radical (unpaired) electrons. The van der Waals surface area contributed by atoms with Crippen LogP contribution in [0.2, 0.25) is 0 Å². The summed E-state index contributed by atoms with van der Waals surface area (Å²) in [5.74, 6) is 1.47. The number of nitrogens with two attached hydrogens (primary N) is 1. The van der Waals surface area contributed by atoms with Crippen molar-refractivity contribution in [3.8, 4) is 17.2 Å². The monoisotopic (exact) mass is 261 g/mol. The Bertz CT molecular complexity index is 540. The Kier molecular flexibility index (Phi) is 4.36. The van der Waals surface area contributed by atoms with Gasteiger partial charge in [0.15, 0.2) is 0 Å². The summed E-state index contributed by atoms with van der Waals surface area (Å²) in [6.45, 7) is 2.81. The van der Waals surface area contributed by atoms with E-state index in [0.717, 1.165) is 5.75 Å². The first kappa shape index (κ1) is 13.4. The minimum absolute atomic E-state index is 0.275. The van der Waals surface area contributed by atoms with Crippen molar-refractivity contribution in [1.29, 1.82) is 0 Å². The molecule has 0 atom stereocenters. The summed E-state index contributed by atoms with van der Waals surface area (Å²) in [7, 11) is 0. The lowest BCUT2D eigenvalue weighted by Gasteiger charge is -2.08. The van der Waals surface area contributed by atoms with Crippen molar-refractivity contribution in [2.75, 3.05) is 6.61 Å². The van der Waals surface area contributed by atoms with E-state index >= 15 is 0 Å². The van der Waals surface area contributed by atoms with E-state index in [4.69, 9.17) is 15.2 Å². The lowest BCUT2D eigenvalue weighted by Crippen LogP contribution is -1.97. The highest BCUT2D eigenvalue weighted by Crippen LogP contribution is 2.25. The number of halogens is 1. The summed E-state index contributed by atoms with van der Waals surface area (Å²) in [6.07, 6.45) is 0. The number of rotatable bonds is 5. The Balaban J connectivity index is 2.14. The molecule has 2 N–H and O–H groups in total. The van der Waals surface area contributed by atoms with Gasteiger partial charge in [-0.25, -0.2) is 4.39 Å². The maximum absolute atomic E-state index is 13.3. The Morgan fingerprint density at radius 2 is 1.68 bits per heavy atom. The van der Waals surface area contributed by atoms with Gasteiger partial charge in [0.25, 0.3) is 0 Å². The van der Waals surface area contributed by atoms with Crippen molar-refractivity contribution in [3.05, 3.63) is 53.8 Å². The molecule has 0 bridgehead atoms. The average Bonchev–Trinajstić information content (AvgIpc) is 2.40. The molecule has 4 heteroatoms. The van der Waals surface area contributed by atoms with E-state index in [2.05, 4.69) is 0 Å². The first-order valence-corrected chi connectivity index (χ1v) is 6.11. The van der Waals surface area contributed by atoms with E-state index in [1.807, 2.05) is 19.1 Å². The molecular formula is C15H16FNO2. The van der Waals surface area contributed by atoms with Crippen LogP contribution in [0, 0.1) is 5.82 Å². The van der Waals surface area contributed by atoms with Crippen LogP contribution < -0.4 is 15.2 Å². The lowest BCUT2D eigenvalue weighted by atomic mass is 10.2. The molecule has 0 aliphatic heterocycles. The summed E-state index contributed by atoms with van der Waals surface area (Å²) in [6, 6.07) is 11.6. The van der Waals surface area contributed by atoms with E-state index in [9.17, 15) is 4.39 Å². The second-order valence-corrected chi connectivity index (χ2v) is 4.01. The van der Waals surface area contributed by atoms with Gasteiger partial charge in [0.05, 0.1) is 6.61 Å². The highest BCUT2D eigenvalue weighted by atomic mass is 19.1. The Labute approximate surface area is 111 Å². The highest BCUT2D eigenvalue weighted by molar-refractivity contribution is 5.37. The Hall–Kier alpha value is -2.07. The summed E-state index contributed by atoms with van der Waals surface area (Å²) >= 11 is 0. The van der Waals surface area contributed by atoms with Crippen LogP contribution in [0.1, 0.15) is 12.5 Å². The van der Waals surface area contributed by atoms with Crippen molar-refractivity contribution in [2.45, 2.75) is 13.5 Å². The van der Waals surface area contributed by atoms with Crippen molar-refractivity contribution < 1.29 is 13.9 Å².